The molecule has 3 atom stereocenters. The molecule has 0 saturated carbocycles. The molecule has 3 aromatic rings. The molecule has 2 heterocycles. The number of rotatable bonds is 12. The van der Waals surface area contributed by atoms with Gasteiger partial charge in [-0.2, -0.15) is 0 Å². The summed E-state index contributed by atoms with van der Waals surface area (Å²) in [6, 6.07) is 12.5. The van der Waals surface area contributed by atoms with Crippen molar-refractivity contribution in [3.05, 3.63) is 70.9 Å². The topological polar surface area (TPSA) is 91.0 Å². The van der Waals surface area contributed by atoms with Crippen LogP contribution in [0.2, 0.25) is 0 Å². The largest absolute Gasteiger partial charge is 0.370 e. The molecule has 1 fully saturated rings. The van der Waals surface area contributed by atoms with E-state index in [1.165, 1.54) is 30.0 Å². The van der Waals surface area contributed by atoms with Crippen molar-refractivity contribution in [1.29, 1.82) is 0 Å². The first-order chi connectivity index (χ1) is 19.3. The summed E-state index contributed by atoms with van der Waals surface area (Å²) in [5, 5.41) is 8.96. The Labute approximate surface area is 238 Å². The molecule has 40 heavy (non-hydrogen) atoms. The number of carbonyl (C=O) groups excluding carboxylic acids is 3. The van der Waals surface area contributed by atoms with E-state index in [0.717, 1.165) is 35.0 Å². The maximum atomic E-state index is 14.5. The highest BCUT2D eigenvalue weighted by Gasteiger charge is 2.35. The third-order valence-corrected chi connectivity index (χ3v) is 8.57. The standard InChI is InChI=1S/C30H37FN4O4S/c1-32-29(37)25(15-20-9-4-6-12-24(20)31)35(3)30(38)26(16-21-19-40-27-13-7-5-11-23(21)27)34(2)28(36)18-39-17-22-10-8-14-33-22/h4-7,9,11-13,19,22,25-26,33H,8,10,14-18H2,1-3H3,(H,32,37). The van der Waals surface area contributed by atoms with Gasteiger partial charge in [-0.3, -0.25) is 14.4 Å². The summed E-state index contributed by atoms with van der Waals surface area (Å²) in [6.07, 6.45) is 2.35. The predicted molar refractivity (Wildman–Crippen MR) is 155 cm³/mol. The lowest BCUT2D eigenvalue weighted by molar-refractivity contribution is -0.149. The van der Waals surface area contributed by atoms with Gasteiger partial charge in [-0.05, 0) is 53.4 Å². The van der Waals surface area contributed by atoms with E-state index >= 15 is 0 Å². The van der Waals surface area contributed by atoms with Crippen molar-refractivity contribution >= 4 is 39.1 Å². The lowest BCUT2D eigenvalue weighted by atomic mass is 9.99. The number of ether oxygens (including phenoxy) is 1. The molecule has 8 nitrogen and oxygen atoms in total. The average molecular weight is 569 g/mol. The van der Waals surface area contributed by atoms with Gasteiger partial charge in [0.1, 0.15) is 24.5 Å². The lowest BCUT2D eigenvalue weighted by Gasteiger charge is -2.34. The van der Waals surface area contributed by atoms with Crippen molar-refractivity contribution in [3.8, 4) is 0 Å². The molecule has 0 radical (unpaired) electrons. The van der Waals surface area contributed by atoms with Crippen LogP contribution >= 0.6 is 11.3 Å². The minimum absolute atomic E-state index is 0.00213. The Bertz CT molecular complexity index is 1330. The Morgan fingerprint density at radius 3 is 2.50 bits per heavy atom. The first kappa shape index (κ1) is 29.6. The molecular weight excluding hydrogens is 531 g/mol. The van der Waals surface area contributed by atoms with Crippen LogP contribution in [0.3, 0.4) is 0 Å². The van der Waals surface area contributed by atoms with Crippen LogP contribution in [0.4, 0.5) is 4.39 Å². The van der Waals surface area contributed by atoms with Crippen LogP contribution in [0.5, 0.6) is 0 Å². The van der Waals surface area contributed by atoms with Gasteiger partial charge < -0.3 is 25.2 Å². The fraction of sp³-hybridized carbons (Fsp3) is 0.433. The van der Waals surface area contributed by atoms with Crippen LogP contribution < -0.4 is 10.6 Å². The third-order valence-electron chi connectivity index (χ3n) is 7.56. The number of carbonyl (C=O) groups is 3. The normalized spacial score (nSPS) is 16.4. The molecule has 0 bridgehead atoms. The quantitative estimate of drug-likeness (QED) is 0.351. The van der Waals surface area contributed by atoms with Crippen LogP contribution in [0.15, 0.2) is 53.9 Å². The summed E-state index contributed by atoms with van der Waals surface area (Å²) in [6.45, 7) is 1.22. The summed E-state index contributed by atoms with van der Waals surface area (Å²) < 4.78 is 21.3. The SMILES string of the molecule is CNC(=O)C(Cc1ccccc1F)N(C)C(=O)C(Cc1csc2ccccc12)N(C)C(=O)COCC1CCCN1. The van der Waals surface area contributed by atoms with Crippen LogP contribution in [-0.4, -0.2) is 86.5 Å². The first-order valence-electron chi connectivity index (χ1n) is 13.5. The molecule has 4 rings (SSSR count). The van der Waals surface area contributed by atoms with Gasteiger partial charge in [-0.15, -0.1) is 11.3 Å². The number of benzene rings is 2. The maximum absolute atomic E-state index is 14.5. The minimum Gasteiger partial charge on any atom is -0.370 e. The number of hydrogen-bond donors (Lipinski definition) is 2. The highest BCUT2D eigenvalue weighted by atomic mass is 32.1. The zero-order valence-corrected chi connectivity index (χ0v) is 24.0. The van der Waals surface area contributed by atoms with E-state index in [1.807, 2.05) is 29.6 Å². The van der Waals surface area contributed by atoms with Crippen molar-refractivity contribution in [3.63, 3.8) is 0 Å². The van der Waals surface area contributed by atoms with Crippen LogP contribution in [0.25, 0.3) is 10.1 Å². The van der Waals surface area contributed by atoms with Gasteiger partial charge in [-0.1, -0.05) is 36.4 Å². The van der Waals surface area contributed by atoms with Crippen molar-refractivity contribution < 1.29 is 23.5 Å². The summed E-state index contributed by atoms with van der Waals surface area (Å²) in [4.78, 5) is 43.0. The van der Waals surface area contributed by atoms with E-state index in [1.54, 1.807) is 36.6 Å². The highest BCUT2D eigenvalue weighted by molar-refractivity contribution is 7.17. The number of nitrogens with zero attached hydrogens (tertiary/aromatic N) is 2. The van der Waals surface area contributed by atoms with E-state index in [-0.39, 0.29) is 31.4 Å². The first-order valence-corrected chi connectivity index (χ1v) is 14.4. The summed E-state index contributed by atoms with van der Waals surface area (Å²) in [7, 11) is 4.61. The van der Waals surface area contributed by atoms with Gasteiger partial charge >= 0.3 is 0 Å². The van der Waals surface area contributed by atoms with Gasteiger partial charge in [0.05, 0.1) is 6.61 Å². The number of hydrogen-bond acceptors (Lipinski definition) is 6. The lowest BCUT2D eigenvalue weighted by Crippen LogP contribution is -2.56. The van der Waals surface area contributed by atoms with E-state index in [2.05, 4.69) is 10.6 Å². The van der Waals surface area contributed by atoms with Gasteiger partial charge in [0.25, 0.3) is 0 Å². The molecule has 2 N–H and O–H groups in total. The number of fused-ring (bicyclic) bond motifs is 1. The molecule has 3 amide bonds. The monoisotopic (exact) mass is 568 g/mol. The molecule has 3 unspecified atom stereocenters. The van der Waals surface area contributed by atoms with Crippen LogP contribution in [0.1, 0.15) is 24.0 Å². The second kappa shape index (κ2) is 13.8. The molecule has 214 valence electrons. The zero-order chi connectivity index (χ0) is 28.6. The zero-order valence-electron chi connectivity index (χ0n) is 23.2. The molecule has 1 aliphatic heterocycles. The number of halogens is 1. The predicted octanol–water partition coefficient (Wildman–Crippen LogP) is 2.99. The maximum Gasteiger partial charge on any atom is 0.249 e. The third kappa shape index (κ3) is 7.04. The Morgan fingerprint density at radius 1 is 1.05 bits per heavy atom. The number of amides is 3. The number of thiophene rings is 1. The second-order valence-electron chi connectivity index (χ2n) is 10.2. The molecule has 10 heteroatoms. The van der Waals surface area contributed by atoms with Gasteiger partial charge in [-0.25, -0.2) is 4.39 Å². The van der Waals surface area contributed by atoms with Crippen LogP contribution in [0, 0.1) is 5.82 Å². The number of likely N-dealkylation sites (N-methyl/N-ethyl adjacent to an activating group) is 3. The Balaban J connectivity index is 1.57. The molecule has 1 aromatic heterocycles. The molecule has 1 saturated heterocycles. The van der Waals surface area contributed by atoms with Crippen molar-refractivity contribution in [2.24, 2.45) is 0 Å². The molecule has 0 spiro atoms. The Kier molecular flexibility index (Phi) is 10.2. The van der Waals surface area contributed by atoms with Gasteiger partial charge in [0, 0.05) is 44.7 Å². The Hall–Kier alpha value is -3.34. The molecule has 0 aliphatic carbocycles. The van der Waals surface area contributed by atoms with Crippen LogP contribution in [-0.2, 0) is 32.0 Å². The Morgan fingerprint density at radius 2 is 1.77 bits per heavy atom. The summed E-state index contributed by atoms with van der Waals surface area (Å²) in [5.74, 6) is -1.59. The smallest absolute Gasteiger partial charge is 0.249 e. The average Bonchev–Trinajstić information content (AvgIpc) is 3.64. The van der Waals surface area contributed by atoms with E-state index in [9.17, 15) is 18.8 Å². The molecule has 1 aliphatic rings. The number of nitrogens with one attached hydrogen (secondary N) is 2. The molecule has 2 aromatic carbocycles. The van der Waals surface area contributed by atoms with Crippen molar-refractivity contribution in [2.75, 3.05) is 40.9 Å². The van der Waals surface area contributed by atoms with Gasteiger partial charge in [0.2, 0.25) is 17.7 Å². The van der Waals surface area contributed by atoms with Crippen molar-refractivity contribution in [1.82, 2.24) is 20.4 Å². The van der Waals surface area contributed by atoms with Crippen molar-refractivity contribution in [2.45, 2.75) is 43.8 Å². The summed E-state index contributed by atoms with van der Waals surface area (Å²) in [5.41, 5.74) is 1.27. The highest BCUT2D eigenvalue weighted by Crippen LogP contribution is 2.28. The fourth-order valence-electron chi connectivity index (χ4n) is 5.09. The van der Waals surface area contributed by atoms with E-state index in [0.29, 0.717) is 12.2 Å². The fourth-order valence-corrected chi connectivity index (χ4v) is 6.06. The minimum atomic E-state index is -0.968. The van der Waals surface area contributed by atoms with E-state index in [4.69, 9.17) is 4.74 Å². The molecular formula is C30H37FN4O4S. The summed E-state index contributed by atoms with van der Waals surface area (Å²) >= 11 is 1.58. The van der Waals surface area contributed by atoms with E-state index < -0.39 is 29.7 Å². The second-order valence-corrected chi connectivity index (χ2v) is 11.1. The van der Waals surface area contributed by atoms with Gasteiger partial charge in [0.15, 0.2) is 0 Å².